The normalized spacial score (nSPS) is 20.4. The minimum atomic E-state index is 0.585. The number of benzene rings is 1. The van der Waals surface area contributed by atoms with Crippen LogP contribution in [0.1, 0.15) is 62.3 Å². The topological polar surface area (TPSA) is 31.9 Å². The SMILES string of the molecule is CC(C)Cc1cn[nH]c1[C@@H]1CCCN(C[C@@H](C)c2ccccc2)C1. The van der Waals surface area contributed by atoms with Crippen LogP contribution >= 0.6 is 0 Å². The van der Waals surface area contributed by atoms with Gasteiger partial charge >= 0.3 is 0 Å². The molecule has 0 spiro atoms. The van der Waals surface area contributed by atoms with Crippen LogP contribution in [0.25, 0.3) is 0 Å². The molecule has 2 aromatic rings. The summed E-state index contributed by atoms with van der Waals surface area (Å²) in [4.78, 5) is 2.64. The van der Waals surface area contributed by atoms with E-state index in [1.165, 1.54) is 36.2 Å². The van der Waals surface area contributed by atoms with Gasteiger partial charge in [-0.05, 0) is 48.8 Å². The van der Waals surface area contributed by atoms with Crippen LogP contribution in [0.3, 0.4) is 0 Å². The van der Waals surface area contributed by atoms with Crippen LogP contribution in [0, 0.1) is 5.92 Å². The summed E-state index contributed by atoms with van der Waals surface area (Å²) in [6.45, 7) is 10.4. The monoisotopic (exact) mass is 325 g/mol. The summed E-state index contributed by atoms with van der Waals surface area (Å²) in [7, 11) is 0. The van der Waals surface area contributed by atoms with E-state index < -0.39 is 0 Å². The second-order valence-electron chi connectivity index (χ2n) is 7.82. The van der Waals surface area contributed by atoms with Crippen molar-refractivity contribution in [3.05, 3.63) is 53.3 Å². The Morgan fingerprint density at radius 2 is 2.00 bits per heavy atom. The smallest absolute Gasteiger partial charge is 0.0522 e. The van der Waals surface area contributed by atoms with Crippen molar-refractivity contribution in [2.45, 2.75) is 51.9 Å². The average Bonchev–Trinajstić information content (AvgIpc) is 3.03. The van der Waals surface area contributed by atoms with Gasteiger partial charge in [0, 0.05) is 24.7 Å². The minimum absolute atomic E-state index is 0.585. The van der Waals surface area contributed by atoms with Crippen molar-refractivity contribution in [1.29, 1.82) is 0 Å². The molecule has 3 heteroatoms. The zero-order chi connectivity index (χ0) is 16.9. The lowest BCUT2D eigenvalue weighted by Crippen LogP contribution is -2.37. The highest BCUT2D eigenvalue weighted by Gasteiger charge is 2.25. The van der Waals surface area contributed by atoms with Gasteiger partial charge in [-0.2, -0.15) is 5.10 Å². The molecule has 0 aliphatic carbocycles. The van der Waals surface area contributed by atoms with Gasteiger partial charge in [0.2, 0.25) is 0 Å². The van der Waals surface area contributed by atoms with Gasteiger partial charge in [0.25, 0.3) is 0 Å². The van der Waals surface area contributed by atoms with Crippen molar-refractivity contribution < 1.29 is 0 Å². The Morgan fingerprint density at radius 1 is 1.21 bits per heavy atom. The predicted molar refractivity (Wildman–Crippen MR) is 100 cm³/mol. The van der Waals surface area contributed by atoms with Crippen molar-refractivity contribution in [1.82, 2.24) is 15.1 Å². The zero-order valence-corrected chi connectivity index (χ0v) is 15.3. The predicted octanol–water partition coefficient (Wildman–Crippen LogP) is 4.59. The van der Waals surface area contributed by atoms with Gasteiger partial charge in [0.15, 0.2) is 0 Å². The van der Waals surface area contributed by atoms with E-state index in [0.29, 0.717) is 17.8 Å². The third kappa shape index (κ3) is 4.27. The highest BCUT2D eigenvalue weighted by atomic mass is 15.2. The molecule has 1 aromatic carbocycles. The van der Waals surface area contributed by atoms with Gasteiger partial charge in [-0.1, -0.05) is 51.1 Å². The number of aromatic amines is 1. The molecule has 0 unspecified atom stereocenters. The van der Waals surface area contributed by atoms with E-state index in [2.05, 4.69) is 66.2 Å². The quantitative estimate of drug-likeness (QED) is 0.842. The first kappa shape index (κ1) is 17.2. The Bertz CT molecular complexity index is 617. The van der Waals surface area contributed by atoms with Crippen LogP contribution in [-0.4, -0.2) is 34.7 Å². The van der Waals surface area contributed by atoms with E-state index in [4.69, 9.17) is 0 Å². The molecule has 0 radical (unpaired) electrons. The van der Waals surface area contributed by atoms with Gasteiger partial charge in [0.05, 0.1) is 6.20 Å². The summed E-state index contributed by atoms with van der Waals surface area (Å²) < 4.78 is 0. The molecule has 3 rings (SSSR count). The van der Waals surface area contributed by atoms with Crippen molar-refractivity contribution in [3.8, 4) is 0 Å². The van der Waals surface area contributed by atoms with Crippen molar-refractivity contribution in [2.24, 2.45) is 5.92 Å². The number of piperidine rings is 1. The first-order valence-corrected chi connectivity index (χ1v) is 9.43. The maximum absolute atomic E-state index is 4.34. The number of nitrogens with one attached hydrogen (secondary N) is 1. The number of likely N-dealkylation sites (tertiary alicyclic amines) is 1. The second kappa shape index (κ2) is 7.98. The number of rotatable bonds is 6. The first-order valence-electron chi connectivity index (χ1n) is 9.43. The summed E-state index contributed by atoms with van der Waals surface area (Å²) in [5.41, 5.74) is 4.26. The number of hydrogen-bond donors (Lipinski definition) is 1. The van der Waals surface area contributed by atoms with E-state index in [1.807, 2.05) is 6.20 Å². The van der Waals surface area contributed by atoms with Gasteiger partial charge in [-0.25, -0.2) is 0 Å². The molecule has 0 amide bonds. The number of hydrogen-bond acceptors (Lipinski definition) is 2. The standard InChI is InChI=1S/C21H31N3/c1-16(2)12-20-13-22-23-21(20)19-10-7-11-24(15-19)14-17(3)18-8-5-4-6-9-18/h4-6,8-9,13,16-17,19H,7,10-12,14-15H2,1-3H3,(H,22,23)/t17-,19-/m1/s1. The maximum atomic E-state index is 4.34. The zero-order valence-electron chi connectivity index (χ0n) is 15.3. The molecule has 1 aliphatic rings. The largest absolute Gasteiger partial charge is 0.302 e. The Kier molecular flexibility index (Phi) is 5.72. The summed E-state index contributed by atoms with van der Waals surface area (Å²) in [6, 6.07) is 10.9. The first-order chi connectivity index (χ1) is 11.6. The van der Waals surface area contributed by atoms with Crippen LogP contribution in [0.15, 0.2) is 36.5 Å². The molecule has 1 aromatic heterocycles. The summed E-state index contributed by atoms with van der Waals surface area (Å²) in [5.74, 6) is 1.87. The van der Waals surface area contributed by atoms with Crippen LogP contribution in [0.4, 0.5) is 0 Å². The number of H-pyrrole nitrogens is 1. The maximum Gasteiger partial charge on any atom is 0.0522 e. The lowest BCUT2D eigenvalue weighted by atomic mass is 9.89. The highest BCUT2D eigenvalue weighted by molar-refractivity contribution is 5.23. The van der Waals surface area contributed by atoms with E-state index >= 15 is 0 Å². The summed E-state index contributed by atoms with van der Waals surface area (Å²) in [6.07, 6.45) is 5.74. The Balaban J connectivity index is 1.63. The molecule has 24 heavy (non-hydrogen) atoms. The van der Waals surface area contributed by atoms with Crippen molar-refractivity contribution in [3.63, 3.8) is 0 Å². The van der Waals surface area contributed by atoms with E-state index in [1.54, 1.807) is 0 Å². The molecule has 1 fully saturated rings. The third-order valence-corrected chi connectivity index (χ3v) is 5.19. The Labute approximate surface area is 146 Å². The lowest BCUT2D eigenvalue weighted by molar-refractivity contribution is 0.197. The highest BCUT2D eigenvalue weighted by Crippen LogP contribution is 2.30. The van der Waals surface area contributed by atoms with Gasteiger partial charge in [-0.3, -0.25) is 5.10 Å². The van der Waals surface area contributed by atoms with Gasteiger partial charge < -0.3 is 4.90 Å². The van der Waals surface area contributed by atoms with Crippen LogP contribution in [0.5, 0.6) is 0 Å². The van der Waals surface area contributed by atoms with E-state index in [-0.39, 0.29) is 0 Å². The molecular formula is C21H31N3. The molecule has 3 nitrogen and oxygen atoms in total. The molecule has 130 valence electrons. The summed E-state index contributed by atoms with van der Waals surface area (Å²) in [5, 5.41) is 7.65. The fraction of sp³-hybridized carbons (Fsp3) is 0.571. The molecule has 0 saturated carbocycles. The molecule has 1 N–H and O–H groups in total. The Hall–Kier alpha value is -1.61. The number of nitrogens with zero attached hydrogens (tertiary/aromatic N) is 2. The van der Waals surface area contributed by atoms with Gasteiger partial charge in [-0.15, -0.1) is 0 Å². The molecule has 1 aliphatic heterocycles. The summed E-state index contributed by atoms with van der Waals surface area (Å²) >= 11 is 0. The Morgan fingerprint density at radius 3 is 2.75 bits per heavy atom. The van der Waals surface area contributed by atoms with Crippen molar-refractivity contribution in [2.75, 3.05) is 19.6 Å². The average molecular weight is 326 g/mol. The van der Waals surface area contributed by atoms with Gasteiger partial charge in [0.1, 0.15) is 0 Å². The molecule has 2 atom stereocenters. The second-order valence-corrected chi connectivity index (χ2v) is 7.82. The fourth-order valence-electron chi connectivity index (χ4n) is 4.01. The van der Waals surface area contributed by atoms with Crippen LogP contribution in [0.2, 0.25) is 0 Å². The van der Waals surface area contributed by atoms with E-state index in [9.17, 15) is 0 Å². The molecule has 1 saturated heterocycles. The van der Waals surface area contributed by atoms with Crippen LogP contribution < -0.4 is 0 Å². The molecule has 2 heterocycles. The lowest BCUT2D eigenvalue weighted by Gasteiger charge is -2.34. The molecular weight excluding hydrogens is 294 g/mol. The molecule has 0 bridgehead atoms. The number of aromatic nitrogens is 2. The minimum Gasteiger partial charge on any atom is -0.302 e. The third-order valence-electron chi connectivity index (χ3n) is 5.19. The van der Waals surface area contributed by atoms with Crippen LogP contribution in [-0.2, 0) is 6.42 Å². The van der Waals surface area contributed by atoms with E-state index in [0.717, 1.165) is 19.5 Å². The fourth-order valence-corrected chi connectivity index (χ4v) is 4.01. The van der Waals surface area contributed by atoms with Crippen molar-refractivity contribution >= 4 is 0 Å².